The van der Waals surface area contributed by atoms with E-state index < -0.39 is 8.32 Å². The summed E-state index contributed by atoms with van der Waals surface area (Å²) in [6, 6.07) is 28.3. The molecule has 3 aromatic carbocycles. The zero-order chi connectivity index (χ0) is 31.6. The van der Waals surface area contributed by atoms with Crippen LogP contribution in [0.1, 0.15) is 44.7 Å². The van der Waals surface area contributed by atoms with Crippen LogP contribution in [-0.4, -0.2) is 68.1 Å². The first kappa shape index (κ1) is 30.9. The van der Waals surface area contributed by atoms with Crippen LogP contribution in [0.3, 0.4) is 0 Å². The van der Waals surface area contributed by atoms with E-state index in [0.717, 1.165) is 79.7 Å². The van der Waals surface area contributed by atoms with E-state index in [1.807, 2.05) is 6.20 Å². The van der Waals surface area contributed by atoms with Crippen molar-refractivity contribution in [2.75, 3.05) is 49.2 Å². The van der Waals surface area contributed by atoms with Crippen LogP contribution >= 0.6 is 11.3 Å². The largest absolute Gasteiger partial charge is 0.398 e. The van der Waals surface area contributed by atoms with Crippen LogP contribution in [0.15, 0.2) is 90.4 Å². The molecular formula is C36H42N6O2SSi. The van der Waals surface area contributed by atoms with Gasteiger partial charge in [0.15, 0.2) is 5.82 Å². The minimum Gasteiger partial charge on any atom is -0.398 e. The van der Waals surface area contributed by atoms with Gasteiger partial charge in [-0.05, 0) is 51.7 Å². The van der Waals surface area contributed by atoms with Crippen molar-refractivity contribution in [1.82, 2.24) is 20.4 Å². The Balaban J connectivity index is 1.26. The first-order valence-electron chi connectivity index (χ1n) is 16.3. The number of aromatic nitrogens is 4. The number of anilines is 2. The molecule has 2 aliphatic heterocycles. The molecule has 5 aromatic rings. The average Bonchev–Trinajstić information content (AvgIpc) is 3.64. The van der Waals surface area contributed by atoms with Gasteiger partial charge in [-0.1, -0.05) is 81.4 Å². The third-order valence-corrected chi connectivity index (χ3v) is 15.3. The fourth-order valence-corrected chi connectivity index (χ4v) is 12.8. The molecule has 238 valence electrons. The predicted octanol–water partition coefficient (Wildman–Crippen LogP) is 5.85. The number of hydrogen-bond acceptors (Lipinski definition) is 9. The molecule has 8 nitrogen and oxygen atoms in total. The summed E-state index contributed by atoms with van der Waals surface area (Å²) in [5, 5.41) is 19.9. The first-order valence-corrected chi connectivity index (χ1v) is 19.1. The van der Waals surface area contributed by atoms with Crippen molar-refractivity contribution in [2.24, 2.45) is 5.92 Å². The van der Waals surface area contributed by atoms with Crippen molar-refractivity contribution >= 4 is 52.4 Å². The normalized spacial score (nSPS) is 18.5. The van der Waals surface area contributed by atoms with E-state index >= 15 is 0 Å². The summed E-state index contributed by atoms with van der Waals surface area (Å²) in [6.45, 7) is 12.0. The second kappa shape index (κ2) is 13.2. The fourth-order valence-electron chi connectivity index (χ4n) is 7.26. The number of morpholine rings is 1. The van der Waals surface area contributed by atoms with Gasteiger partial charge in [0.25, 0.3) is 8.32 Å². The molecule has 2 fully saturated rings. The quantitative estimate of drug-likeness (QED) is 0.194. The van der Waals surface area contributed by atoms with Crippen molar-refractivity contribution in [3.8, 4) is 0 Å². The Hall–Kier alpha value is -3.70. The minimum absolute atomic E-state index is 0.134. The monoisotopic (exact) mass is 650 g/mol. The van der Waals surface area contributed by atoms with Crippen molar-refractivity contribution < 1.29 is 9.16 Å². The second-order valence-corrected chi connectivity index (χ2v) is 18.5. The lowest BCUT2D eigenvalue weighted by atomic mass is 9.92. The lowest BCUT2D eigenvalue weighted by molar-refractivity contribution is 0.111. The molecule has 0 radical (unpaired) electrons. The SMILES string of the molecule is CC(C)(C)[Si](OC(c1nccs1)[C@H]1CCCN(c2nnnc3cc(N4CCOCC4)ccc23)C1)(c1ccccc1)c1ccccc1. The Bertz CT molecular complexity index is 1690. The number of fused-ring (bicyclic) bond motifs is 1. The van der Waals surface area contributed by atoms with E-state index in [1.165, 1.54) is 10.4 Å². The van der Waals surface area contributed by atoms with E-state index in [1.54, 1.807) is 11.3 Å². The lowest BCUT2D eigenvalue weighted by Crippen LogP contribution is -2.67. The second-order valence-electron chi connectivity index (χ2n) is 13.3. The molecule has 0 saturated carbocycles. The third kappa shape index (κ3) is 5.95. The van der Waals surface area contributed by atoms with Crippen LogP contribution in [0.25, 0.3) is 10.9 Å². The summed E-state index contributed by atoms with van der Waals surface area (Å²) < 4.78 is 13.4. The van der Waals surface area contributed by atoms with E-state index in [4.69, 9.17) is 14.1 Å². The molecule has 1 unspecified atom stereocenters. The molecule has 46 heavy (non-hydrogen) atoms. The van der Waals surface area contributed by atoms with Gasteiger partial charge < -0.3 is 19.0 Å². The maximum Gasteiger partial charge on any atom is 0.262 e. The first-order chi connectivity index (χ1) is 22.4. The summed E-state index contributed by atoms with van der Waals surface area (Å²) in [7, 11) is -2.82. The zero-order valence-electron chi connectivity index (χ0n) is 26.9. The standard InChI is InChI=1S/C36H42N6O2SSi/c1-36(2,3)46(29-12-6-4-7-13-29,30-14-8-5-9-15-30)44-33(35-37-18-24-45-35)27-11-10-19-42(26-27)34-31-17-16-28(25-32(31)38-40-39-34)41-20-22-43-23-21-41/h4-9,12-18,24-25,27,33H,10-11,19-23,26H2,1-3H3/t27-,33?/m0/s1. The van der Waals surface area contributed by atoms with Gasteiger partial charge in [-0.15, -0.1) is 21.5 Å². The molecule has 7 rings (SSSR count). The van der Waals surface area contributed by atoms with Gasteiger partial charge in [0.05, 0.1) is 13.2 Å². The molecule has 2 aliphatic rings. The summed E-state index contributed by atoms with van der Waals surface area (Å²) >= 11 is 1.70. The van der Waals surface area contributed by atoms with E-state index in [0.29, 0.717) is 0 Å². The Morgan fingerprint density at radius 3 is 2.26 bits per heavy atom. The van der Waals surface area contributed by atoms with Gasteiger partial charge in [0.1, 0.15) is 16.6 Å². The van der Waals surface area contributed by atoms with Gasteiger partial charge in [0.2, 0.25) is 0 Å². The number of piperidine rings is 1. The zero-order valence-corrected chi connectivity index (χ0v) is 28.7. The maximum absolute atomic E-state index is 7.81. The number of benzene rings is 3. The van der Waals surface area contributed by atoms with E-state index in [9.17, 15) is 0 Å². The summed E-state index contributed by atoms with van der Waals surface area (Å²) in [5.74, 6) is 1.12. The van der Waals surface area contributed by atoms with E-state index in [-0.39, 0.29) is 17.1 Å². The van der Waals surface area contributed by atoms with Crippen molar-refractivity contribution in [2.45, 2.75) is 44.8 Å². The van der Waals surface area contributed by atoms with Crippen molar-refractivity contribution in [1.29, 1.82) is 0 Å². The van der Waals surface area contributed by atoms with E-state index in [2.05, 4.69) is 130 Å². The van der Waals surface area contributed by atoms with Crippen LogP contribution in [0, 0.1) is 5.92 Å². The lowest BCUT2D eigenvalue weighted by Gasteiger charge is -2.47. The Kier molecular flexibility index (Phi) is 8.87. The molecule has 0 bridgehead atoms. The molecule has 2 saturated heterocycles. The highest BCUT2D eigenvalue weighted by Crippen LogP contribution is 2.44. The van der Waals surface area contributed by atoms with Gasteiger partial charge in [-0.3, -0.25) is 0 Å². The summed E-state index contributed by atoms with van der Waals surface area (Å²) in [5.41, 5.74) is 2.03. The number of rotatable bonds is 8. The predicted molar refractivity (Wildman–Crippen MR) is 189 cm³/mol. The fraction of sp³-hybridized carbons (Fsp3) is 0.389. The molecule has 0 aliphatic carbocycles. The number of hydrogen-bond donors (Lipinski definition) is 0. The highest BCUT2D eigenvalue weighted by molar-refractivity contribution is 7.09. The molecule has 2 atom stereocenters. The molecular weight excluding hydrogens is 609 g/mol. The Morgan fingerprint density at radius 1 is 0.891 bits per heavy atom. The summed E-state index contributed by atoms with van der Waals surface area (Å²) in [6.07, 6.45) is 3.84. The molecule has 0 spiro atoms. The molecule has 4 heterocycles. The highest BCUT2D eigenvalue weighted by Gasteiger charge is 2.53. The molecule has 0 amide bonds. The number of nitrogens with zero attached hydrogens (tertiary/aromatic N) is 6. The number of thiazole rings is 1. The topological polar surface area (TPSA) is 76.5 Å². The molecule has 2 aromatic heterocycles. The Labute approximate surface area is 276 Å². The third-order valence-electron chi connectivity index (χ3n) is 9.49. The van der Waals surface area contributed by atoms with Crippen LogP contribution in [0.5, 0.6) is 0 Å². The number of ether oxygens (including phenoxy) is 1. The van der Waals surface area contributed by atoms with Crippen LogP contribution < -0.4 is 20.2 Å². The minimum atomic E-state index is -2.82. The van der Waals surface area contributed by atoms with Crippen LogP contribution in [0.2, 0.25) is 5.04 Å². The van der Waals surface area contributed by atoms with Crippen LogP contribution in [0.4, 0.5) is 11.5 Å². The molecule has 10 heteroatoms. The smallest absolute Gasteiger partial charge is 0.262 e. The maximum atomic E-state index is 7.81. The van der Waals surface area contributed by atoms with Crippen LogP contribution in [-0.2, 0) is 9.16 Å². The van der Waals surface area contributed by atoms with Gasteiger partial charge in [0, 0.05) is 54.7 Å². The van der Waals surface area contributed by atoms with Crippen molar-refractivity contribution in [3.05, 3.63) is 95.4 Å². The highest BCUT2D eigenvalue weighted by atomic mass is 32.1. The van der Waals surface area contributed by atoms with Gasteiger partial charge >= 0.3 is 0 Å². The van der Waals surface area contributed by atoms with Gasteiger partial charge in [-0.2, -0.15) is 0 Å². The Morgan fingerprint density at radius 2 is 1.61 bits per heavy atom. The van der Waals surface area contributed by atoms with Crippen molar-refractivity contribution in [3.63, 3.8) is 0 Å². The summed E-state index contributed by atoms with van der Waals surface area (Å²) in [4.78, 5) is 9.64. The molecule has 0 N–H and O–H groups in total. The van der Waals surface area contributed by atoms with Gasteiger partial charge in [-0.25, -0.2) is 4.98 Å². The average molecular weight is 651 g/mol.